The van der Waals surface area contributed by atoms with Crippen molar-refractivity contribution in [2.45, 2.75) is 64.8 Å². The van der Waals surface area contributed by atoms with Crippen molar-refractivity contribution >= 4 is 17.5 Å². The number of fused-ring (bicyclic) bond motifs is 3. The highest BCUT2D eigenvalue weighted by Crippen LogP contribution is 2.74. The van der Waals surface area contributed by atoms with Crippen molar-refractivity contribution < 1.29 is 28.3 Å². The van der Waals surface area contributed by atoms with Crippen molar-refractivity contribution in [2.75, 3.05) is 0 Å². The summed E-state index contributed by atoms with van der Waals surface area (Å²) in [5.41, 5.74) is -1.76. The summed E-state index contributed by atoms with van der Waals surface area (Å²) in [6.07, 6.45) is 7.71. The number of epoxide rings is 1. The number of rotatable bonds is 1. The molecule has 1 aromatic rings. The Balaban J connectivity index is 1.49. The maximum absolute atomic E-state index is 13.9. The Labute approximate surface area is 181 Å². The minimum Gasteiger partial charge on any atom is -0.472 e. The van der Waals surface area contributed by atoms with Gasteiger partial charge in [-0.15, -0.1) is 0 Å². The molecule has 0 radical (unpaired) electrons. The summed E-state index contributed by atoms with van der Waals surface area (Å²) in [6.45, 7) is 8.13. The monoisotopic (exact) mass is 424 g/mol. The number of ketones is 2. The quantitative estimate of drug-likeness (QED) is 0.503. The molecule has 164 valence electrons. The van der Waals surface area contributed by atoms with Crippen LogP contribution in [0.2, 0.25) is 0 Å². The second kappa shape index (κ2) is 5.58. The first-order valence-corrected chi connectivity index (χ1v) is 11.3. The molecule has 4 fully saturated rings. The first-order chi connectivity index (χ1) is 14.6. The first kappa shape index (κ1) is 19.5. The molecule has 3 aliphatic carbocycles. The van der Waals surface area contributed by atoms with Crippen LogP contribution in [-0.4, -0.2) is 29.2 Å². The lowest BCUT2D eigenvalue weighted by Gasteiger charge is -2.63. The van der Waals surface area contributed by atoms with Gasteiger partial charge in [0.2, 0.25) is 0 Å². The van der Waals surface area contributed by atoms with Gasteiger partial charge in [-0.2, -0.15) is 0 Å². The molecule has 31 heavy (non-hydrogen) atoms. The van der Waals surface area contributed by atoms with E-state index in [0.717, 1.165) is 18.4 Å². The van der Waals surface area contributed by atoms with Gasteiger partial charge in [0.25, 0.3) is 0 Å². The fourth-order valence-corrected chi connectivity index (χ4v) is 8.06. The van der Waals surface area contributed by atoms with E-state index in [-0.39, 0.29) is 40.7 Å². The molecule has 5 aliphatic rings. The summed E-state index contributed by atoms with van der Waals surface area (Å²) >= 11 is 0. The molecule has 8 unspecified atom stereocenters. The molecule has 8 atom stereocenters. The Morgan fingerprint density at radius 1 is 1.03 bits per heavy atom. The van der Waals surface area contributed by atoms with E-state index in [2.05, 4.69) is 6.92 Å². The van der Waals surface area contributed by atoms with Crippen molar-refractivity contribution in [1.29, 1.82) is 0 Å². The van der Waals surface area contributed by atoms with Crippen LogP contribution < -0.4 is 0 Å². The molecule has 2 saturated heterocycles. The van der Waals surface area contributed by atoms with Crippen molar-refractivity contribution in [1.82, 2.24) is 0 Å². The number of esters is 1. The Morgan fingerprint density at radius 2 is 1.81 bits per heavy atom. The molecule has 6 nitrogen and oxygen atoms in total. The van der Waals surface area contributed by atoms with E-state index < -0.39 is 28.6 Å². The average Bonchev–Trinajstić information content (AvgIpc) is 3.26. The molecule has 0 aromatic carbocycles. The highest BCUT2D eigenvalue weighted by atomic mass is 16.7. The van der Waals surface area contributed by atoms with Crippen molar-refractivity contribution in [3.8, 4) is 0 Å². The van der Waals surface area contributed by atoms with Crippen LogP contribution in [0.15, 0.2) is 35.2 Å². The summed E-state index contributed by atoms with van der Waals surface area (Å²) in [4.78, 5) is 39.5. The van der Waals surface area contributed by atoms with E-state index in [9.17, 15) is 14.4 Å². The summed E-state index contributed by atoms with van der Waals surface area (Å²) in [6, 6.07) is 1.82. The van der Waals surface area contributed by atoms with Gasteiger partial charge in [-0.3, -0.25) is 9.59 Å². The van der Waals surface area contributed by atoms with Crippen LogP contribution in [0.3, 0.4) is 0 Å². The largest absolute Gasteiger partial charge is 0.472 e. The van der Waals surface area contributed by atoms with Gasteiger partial charge in [-0.05, 0) is 49.2 Å². The minimum absolute atomic E-state index is 0.00738. The Morgan fingerprint density at radius 3 is 2.52 bits per heavy atom. The summed E-state index contributed by atoms with van der Waals surface area (Å²) in [7, 11) is 0. The summed E-state index contributed by atoms with van der Waals surface area (Å²) in [5, 5.41) is 0. The van der Waals surface area contributed by atoms with Gasteiger partial charge < -0.3 is 13.9 Å². The van der Waals surface area contributed by atoms with Crippen LogP contribution in [0, 0.1) is 34.0 Å². The molecular formula is C25H28O6. The summed E-state index contributed by atoms with van der Waals surface area (Å²) in [5.74, 6) is -0.357. The Bertz CT molecular complexity index is 1040. The molecule has 6 heteroatoms. The predicted octanol–water partition coefficient (Wildman–Crippen LogP) is 3.81. The highest BCUT2D eigenvalue weighted by Gasteiger charge is 2.84. The normalized spacial score (nSPS) is 49.4. The van der Waals surface area contributed by atoms with E-state index in [4.69, 9.17) is 13.9 Å². The number of carbonyl (C=O) groups excluding carboxylic acids is 3. The van der Waals surface area contributed by atoms with Gasteiger partial charge in [-0.25, -0.2) is 4.79 Å². The number of Topliss-reactive ketones (excluding diaryl/α,β-unsaturated/α-hetero) is 1. The standard InChI is InChI=1S/C25H28O6/c1-22(2)16-11-18(27)24(4)15(23(16,3)9-7-17(22)26)6-5-14-19(13-8-10-29-12-13)30-21(28)20-25(14,24)31-20/h7-10,12,14-16,19-20H,5-6,11H2,1-4H3. The molecule has 2 aliphatic heterocycles. The maximum atomic E-state index is 13.9. The maximum Gasteiger partial charge on any atom is 0.339 e. The third kappa shape index (κ3) is 2.01. The lowest BCUT2D eigenvalue weighted by atomic mass is 9.38. The number of carbonyl (C=O) groups is 3. The Hall–Kier alpha value is -2.21. The molecule has 0 bridgehead atoms. The predicted molar refractivity (Wildman–Crippen MR) is 109 cm³/mol. The topological polar surface area (TPSA) is 86.1 Å². The zero-order valence-electron chi connectivity index (χ0n) is 18.3. The number of cyclic esters (lactones) is 1. The van der Waals surface area contributed by atoms with Gasteiger partial charge in [0.1, 0.15) is 17.5 Å². The van der Waals surface area contributed by atoms with Crippen LogP contribution in [0.1, 0.15) is 58.6 Å². The average molecular weight is 424 g/mol. The van der Waals surface area contributed by atoms with Gasteiger partial charge >= 0.3 is 5.97 Å². The molecule has 0 N–H and O–H groups in total. The van der Waals surface area contributed by atoms with Crippen LogP contribution >= 0.6 is 0 Å². The van der Waals surface area contributed by atoms with Crippen molar-refractivity contribution in [2.24, 2.45) is 34.0 Å². The van der Waals surface area contributed by atoms with E-state index in [1.807, 2.05) is 32.9 Å². The number of ether oxygens (including phenoxy) is 2. The lowest BCUT2D eigenvalue weighted by Crippen LogP contribution is -2.68. The molecule has 0 amide bonds. The SMILES string of the molecule is CC1(C)C(=O)C=CC2(C)C1CC(=O)C1(C)C2CCC2C(c3ccoc3)OC(=O)C3OC321. The molecule has 1 spiro atoms. The molecule has 2 saturated carbocycles. The highest BCUT2D eigenvalue weighted by molar-refractivity contribution is 5.98. The zero-order valence-corrected chi connectivity index (χ0v) is 18.3. The van der Waals surface area contributed by atoms with Gasteiger partial charge in [0.15, 0.2) is 11.9 Å². The van der Waals surface area contributed by atoms with Crippen LogP contribution in [0.5, 0.6) is 0 Å². The second-order valence-electron chi connectivity index (χ2n) is 11.1. The van der Waals surface area contributed by atoms with E-state index in [0.29, 0.717) is 6.42 Å². The Kier molecular flexibility index (Phi) is 3.50. The third-order valence-corrected chi connectivity index (χ3v) is 9.74. The zero-order chi connectivity index (χ0) is 22.0. The molecule has 6 rings (SSSR count). The summed E-state index contributed by atoms with van der Waals surface area (Å²) < 4.78 is 17.3. The molecule has 1 aromatic heterocycles. The number of furan rings is 1. The fourth-order valence-electron chi connectivity index (χ4n) is 8.06. The van der Waals surface area contributed by atoms with E-state index >= 15 is 0 Å². The van der Waals surface area contributed by atoms with Crippen LogP contribution in [0.25, 0.3) is 0 Å². The molecular weight excluding hydrogens is 396 g/mol. The number of allylic oxidation sites excluding steroid dienone is 2. The van der Waals surface area contributed by atoms with Gasteiger partial charge in [-0.1, -0.05) is 26.8 Å². The van der Waals surface area contributed by atoms with Gasteiger partial charge in [0, 0.05) is 23.3 Å². The lowest BCUT2D eigenvalue weighted by molar-refractivity contribution is -0.190. The fraction of sp³-hybridized carbons (Fsp3) is 0.640. The molecule has 3 heterocycles. The number of hydrogen-bond acceptors (Lipinski definition) is 6. The first-order valence-electron chi connectivity index (χ1n) is 11.3. The smallest absolute Gasteiger partial charge is 0.339 e. The minimum atomic E-state index is -0.850. The van der Waals surface area contributed by atoms with Crippen LogP contribution in [-0.2, 0) is 23.9 Å². The van der Waals surface area contributed by atoms with E-state index in [1.54, 1.807) is 18.6 Å². The van der Waals surface area contributed by atoms with E-state index in [1.165, 1.54) is 0 Å². The van der Waals surface area contributed by atoms with Crippen LogP contribution in [0.4, 0.5) is 0 Å². The third-order valence-electron chi connectivity index (χ3n) is 9.74. The van der Waals surface area contributed by atoms with Gasteiger partial charge in [0.05, 0.1) is 17.9 Å². The van der Waals surface area contributed by atoms with Crippen molar-refractivity contribution in [3.05, 3.63) is 36.3 Å². The second-order valence-corrected chi connectivity index (χ2v) is 11.1. The number of hydrogen-bond donors (Lipinski definition) is 0. The van der Waals surface area contributed by atoms with Crippen molar-refractivity contribution in [3.63, 3.8) is 0 Å².